The Balaban J connectivity index is 2.01. The van der Waals surface area contributed by atoms with Crippen LogP contribution in [0.4, 0.5) is 0 Å². The molecule has 1 saturated heterocycles. The highest BCUT2D eigenvalue weighted by molar-refractivity contribution is 5.21. The molecule has 1 fully saturated rings. The van der Waals surface area contributed by atoms with E-state index in [1.54, 1.807) is 0 Å². The first-order chi connectivity index (χ1) is 7.68. The summed E-state index contributed by atoms with van der Waals surface area (Å²) in [7, 11) is 0. The third-order valence-corrected chi connectivity index (χ3v) is 3.54. The molecule has 88 valence electrons. The molecule has 0 radical (unpaired) electrons. The summed E-state index contributed by atoms with van der Waals surface area (Å²) < 4.78 is 0. The number of rotatable bonds is 3. The SMILES string of the molecule is CC(O)(CC1CCNCC1)c1ccccc1. The predicted octanol–water partition coefficient (Wildman–Crippen LogP) is 2.28. The highest BCUT2D eigenvalue weighted by Gasteiger charge is 2.27. The van der Waals surface area contributed by atoms with E-state index in [1.807, 2.05) is 37.3 Å². The fourth-order valence-corrected chi connectivity index (χ4v) is 2.56. The fourth-order valence-electron chi connectivity index (χ4n) is 2.56. The smallest absolute Gasteiger partial charge is 0.0871 e. The van der Waals surface area contributed by atoms with E-state index in [9.17, 15) is 5.11 Å². The first-order valence-corrected chi connectivity index (χ1v) is 6.17. The fraction of sp³-hybridized carbons (Fsp3) is 0.571. The summed E-state index contributed by atoms with van der Waals surface area (Å²) in [5.74, 6) is 0.649. The van der Waals surface area contributed by atoms with Gasteiger partial charge in [-0.1, -0.05) is 30.3 Å². The molecule has 1 aromatic rings. The van der Waals surface area contributed by atoms with Crippen molar-refractivity contribution >= 4 is 0 Å². The van der Waals surface area contributed by atoms with Gasteiger partial charge in [0.05, 0.1) is 5.60 Å². The van der Waals surface area contributed by atoms with Gasteiger partial charge in [0.1, 0.15) is 0 Å². The molecule has 2 N–H and O–H groups in total. The third-order valence-electron chi connectivity index (χ3n) is 3.54. The van der Waals surface area contributed by atoms with Gasteiger partial charge in [-0.05, 0) is 50.8 Å². The Bertz CT molecular complexity index is 315. The summed E-state index contributed by atoms with van der Waals surface area (Å²) in [5, 5.41) is 13.9. The van der Waals surface area contributed by atoms with Gasteiger partial charge in [-0.15, -0.1) is 0 Å². The monoisotopic (exact) mass is 219 g/mol. The van der Waals surface area contributed by atoms with Gasteiger partial charge < -0.3 is 10.4 Å². The lowest BCUT2D eigenvalue weighted by Crippen LogP contribution is -2.32. The van der Waals surface area contributed by atoms with Crippen molar-refractivity contribution in [3.05, 3.63) is 35.9 Å². The maximum atomic E-state index is 10.5. The predicted molar refractivity (Wildman–Crippen MR) is 66.2 cm³/mol. The Morgan fingerprint density at radius 3 is 2.50 bits per heavy atom. The Morgan fingerprint density at radius 1 is 1.25 bits per heavy atom. The highest BCUT2D eigenvalue weighted by Crippen LogP contribution is 2.31. The number of nitrogens with one attached hydrogen (secondary N) is 1. The van der Waals surface area contributed by atoms with Gasteiger partial charge >= 0.3 is 0 Å². The van der Waals surface area contributed by atoms with E-state index in [4.69, 9.17) is 0 Å². The van der Waals surface area contributed by atoms with E-state index in [0.717, 1.165) is 25.1 Å². The molecule has 2 nitrogen and oxygen atoms in total. The van der Waals surface area contributed by atoms with Gasteiger partial charge in [-0.3, -0.25) is 0 Å². The molecule has 1 heterocycles. The molecular weight excluding hydrogens is 198 g/mol. The molecule has 1 aliphatic rings. The van der Waals surface area contributed by atoms with Gasteiger partial charge in [0.25, 0.3) is 0 Å². The lowest BCUT2D eigenvalue weighted by atomic mass is 9.82. The summed E-state index contributed by atoms with van der Waals surface area (Å²) >= 11 is 0. The van der Waals surface area contributed by atoms with Crippen molar-refractivity contribution < 1.29 is 5.11 Å². The van der Waals surface area contributed by atoms with Crippen LogP contribution in [0.25, 0.3) is 0 Å². The zero-order chi connectivity index (χ0) is 11.4. The number of piperidine rings is 1. The van der Waals surface area contributed by atoms with Crippen molar-refractivity contribution in [1.82, 2.24) is 5.32 Å². The number of benzene rings is 1. The quantitative estimate of drug-likeness (QED) is 0.817. The van der Waals surface area contributed by atoms with Crippen LogP contribution < -0.4 is 5.32 Å². The van der Waals surface area contributed by atoms with Crippen molar-refractivity contribution in [3.63, 3.8) is 0 Å². The van der Waals surface area contributed by atoms with E-state index in [2.05, 4.69) is 5.32 Å². The van der Waals surface area contributed by atoms with Gasteiger partial charge in [0.2, 0.25) is 0 Å². The van der Waals surface area contributed by atoms with Crippen molar-refractivity contribution in [2.24, 2.45) is 5.92 Å². The van der Waals surface area contributed by atoms with Gasteiger partial charge in [-0.25, -0.2) is 0 Å². The largest absolute Gasteiger partial charge is 0.385 e. The Morgan fingerprint density at radius 2 is 1.88 bits per heavy atom. The molecule has 1 aromatic carbocycles. The first-order valence-electron chi connectivity index (χ1n) is 6.17. The topological polar surface area (TPSA) is 32.3 Å². The molecule has 2 rings (SSSR count). The van der Waals surface area contributed by atoms with Gasteiger partial charge in [0, 0.05) is 0 Å². The molecule has 0 spiro atoms. The minimum Gasteiger partial charge on any atom is -0.385 e. The maximum Gasteiger partial charge on any atom is 0.0871 e. The molecule has 1 unspecified atom stereocenters. The van der Waals surface area contributed by atoms with Crippen LogP contribution in [0.15, 0.2) is 30.3 Å². The average Bonchev–Trinajstić information content (AvgIpc) is 2.31. The lowest BCUT2D eigenvalue weighted by Gasteiger charge is -2.31. The highest BCUT2D eigenvalue weighted by atomic mass is 16.3. The van der Waals surface area contributed by atoms with Crippen molar-refractivity contribution in [2.45, 2.75) is 31.8 Å². The molecule has 0 amide bonds. The second-order valence-electron chi connectivity index (χ2n) is 5.04. The molecule has 0 aromatic heterocycles. The average molecular weight is 219 g/mol. The van der Waals surface area contributed by atoms with Crippen LogP contribution in [0.5, 0.6) is 0 Å². The van der Waals surface area contributed by atoms with Gasteiger partial charge in [-0.2, -0.15) is 0 Å². The lowest BCUT2D eigenvalue weighted by molar-refractivity contribution is 0.0250. The summed E-state index contributed by atoms with van der Waals surface area (Å²) in [6.45, 7) is 4.12. The Labute approximate surface area is 97.7 Å². The molecule has 1 atom stereocenters. The second-order valence-corrected chi connectivity index (χ2v) is 5.04. The first kappa shape index (κ1) is 11.6. The van der Waals surface area contributed by atoms with E-state index < -0.39 is 5.60 Å². The molecule has 1 aliphatic heterocycles. The number of hydrogen-bond donors (Lipinski definition) is 2. The van der Waals surface area contributed by atoms with Gasteiger partial charge in [0.15, 0.2) is 0 Å². The zero-order valence-corrected chi connectivity index (χ0v) is 9.95. The van der Waals surface area contributed by atoms with E-state index in [-0.39, 0.29) is 0 Å². The molecular formula is C14H21NO. The minimum atomic E-state index is -0.677. The van der Waals surface area contributed by atoms with Crippen LogP contribution in [0.3, 0.4) is 0 Å². The summed E-state index contributed by atoms with van der Waals surface area (Å²) in [6.07, 6.45) is 3.24. The third kappa shape index (κ3) is 2.83. The number of aliphatic hydroxyl groups is 1. The van der Waals surface area contributed by atoms with E-state index >= 15 is 0 Å². The molecule has 0 saturated carbocycles. The normalized spacial score (nSPS) is 21.6. The number of hydrogen-bond acceptors (Lipinski definition) is 2. The van der Waals surface area contributed by atoms with Crippen LogP contribution in [-0.4, -0.2) is 18.2 Å². The standard InChI is InChI=1S/C14H21NO/c1-14(16,13-5-3-2-4-6-13)11-12-7-9-15-10-8-12/h2-6,12,15-16H,7-11H2,1H3. The van der Waals surface area contributed by atoms with Crippen molar-refractivity contribution in [1.29, 1.82) is 0 Å². The second kappa shape index (κ2) is 4.98. The Hall–Kier alpha value is -0.860. The van der Waals surface area contributed by atoms with Crippen molar-refractivity contribution in [2.75, 3.05) is 13.1 Å². The molecule has 2 heteroatoms. The minimum absolute atomic E-state index is 0.649. The molecule has 0 aliphatic carbocycles. The summed E-state index contributed by atoms with van der Waals surface area (Å²) in [6, 6.07) is 10.0. The molecule has 0 bridgehead atoms. The summed E-state index contributed by atoms with van der Waals surface area (Å²) in [5.41, 5.74) is 0.358. The van der Waals surface area contributed by atoms with Crippen molar-refractivity contribution in [3.8, 4) is 0 Å². The van der Waals surface area contributed by atoms with Crippen LogP contribution in [0.1, 0.15) is 31.7 Å². The van der Waals surface area contributed by atoms with Crippen LogP contribution >= 0.6 is 0 Å². The Kier molecular flexibility index (Phi) is 3.62. The van der Waals surface area contributed by atoms with Crippen LogP contribution in [0, 0.1) is 5.92 Å². The van der Waals surface area contributed by atoms with E-state index in [1.165, 1.54) is 12.8 Å². The maximum absolute atomic E-state index is 10.5. The van der Waals surface area contributed by atoms with E-state index in [0.29, 0.717) is 5.92 Å². The molecule has 16 heavy (non-hydrogen) atoms. The van der Waals surface area contributed by atoms with Crippen LogP contribution in [-0.2, 0) is 5.60 Å². The summed E-state index contributed by atoms with van der Waals surface area (Å²) in [4.78, 5) is 0. The zero-order valence-electron chi connectivity index (χ0n) is 9.95. The van der Waals surface area contributed by atoms with Crippen LogP contribution in [0.2, 0.25) is 0 Å².